The van der Waals surface area contributed by atoms with E-state index in [-0.39, 0.29) is 0 Å². The SMILES string of the molecule is Cc1cc(C(C)C)nc(N(C)CCN)n1. The minimum atomic E-state index is 0.428. The summed E-state index contributed by atoms with van der Waals surface area (Å²) in [5.74, 6) is 1.20. The lowest BCUT2D eigenvalue weighted by atomic mass is 10.1. The first-order valence-electron chi connectivity index (χ1n) is 5.31. The first kappa shape index (κ1) is 11.9. The molecule has 4 nitrogen and oxygen atoms in total. The average molecular weight is 208 g/mol. The van der Waals surface area contributed by atoms with Crippen LogP contribution in [-0.4, -0.2) is 30.1 Å². The summed E-state index contributed by atoms with van der Waals surface area (Å²) in [5, 5.41) is 0. The summed E-state index contributed by atoms with van der Waals surface area (Å²) in [7, 11) is 1.96. The second-order valence-electron chi connectivity index (χ2n) is 4.10. The van der Waals surface area contributed by atoms with Gasteiger partial charge in [-0.05, 0) is 18.9 Å². The summed E-state index contributed by atoms with van der Waals surface area (Å²) in [4.78, 5) is 10.9. The highest BCUT2D eigenvalue weighted by Crippen LogP contribution is 2.15. The van der Waals surface area contributed by atoms with E-state index in [9.17, 15) is 0 Å². The molecule has 0 aliphatic carbocycles. The lowest BCUT2D eigenvalue weighted by Crippen LogP contribution is -2.27. The Morgan fingerprint density at radius 2 is 2.07 bits per heavy atom. The van der Waals surface area contributed by atoms with Crippen LogP contribution in [0.1, 0.15) is 31.2 Å². The third kappa shape index (κ3) is 3.16. The molecule has 0 bridgehead atoms. The zero-order chi connectivity index (χ0) is 11.4. The lowest BCUT2D eigenvalue weighted by Gasteiger charge is -2.17. The van der Waals surface area contributed by atoms with Crippen molar-refractivity contribution in [3.63, 3.8) is 0 Å². The van der Waals surface area contributed by atoms with Crippen molar-refractivity contribution in [2.45, 2.75) is 26.7 Å². The van der Waals surface area contributed by atoms with Gasteiger partial charge in [0.05, 0.1) is 0 Å². The summed E-state index contributed by atoms with van der Waals surface area (Å²) < 4.78 is 0. The van der Waals surface area contributed by atoms with Gasteiger partial charge in [0.2, 0.25) is 5.95 Å². The fourth-order valence-corrected chi connectivity index (χ4v) is 1.34. The number of aromatic nitrogens is 2. The quantitative estimate of drug-likeness (QED) is 0.810. The number of nitrogens with two attached hydrogens (primary N) is 1. The molecule has 15 heavy (non-hydrogen) atoms. The number of likely N-dealkylation sites (N-methyl/N-ethyl adjacent to an activating group) is 1. The Bertz CT molecular complexity index is 322. The van der Waals surface area contributed by atoms with Crippen LogP contribution in [0.25, 0.3) is 0 Å². The molecule has 0 aliphatic heterocycles. The molecule has 1 heterocycles. The number of aryl methyl sites for hydroxylation is 1. The first-order valence-corrected chi connectivity index (χ1v) is 5.31. The lowest BCUT2D eigenvalue weighted by molar-refractivity contribution is 0.780. The normalized spacial score (nSPS) is 10.8. The van der Waals surface area contributed by atoms with Gasteiger partial charge in [-0.15, -0.1) is 0 Å². The van der Waals surface area contributed by atoms with E-state index < -0.39 is 0 Å². The fourth-order valence-electron chi connectivity index (χ4n) is 1.34. The Hall–Kier alpha value is -1.16. The summed E-state index contributed by atoms with van der Waals surface area (Å²) in [6.45, 7) is 7.65. The molecule has 0 saturated carbocycles. The van der Waals surface area contributed by atoms with E-state index in [4.69, 9.17) is 5.73 Å². The van der Waals surface area contributed by atoms with Crippen LogP contribution >= 0.6 is 0 Å². The molecular formula is C11H20N4. The molecule has 0 amide bonds. The second-order valence-corrected chi connectivity index (χ2v) is 4.10. The molecule has 1 aromatic rings. The standard InChI is InChI=1S/C11H20N4/c1-8(2)10-7-9(3)13-11(14-10)15(4)6-5-12/h7-8H,5-6,12H2,1-4H3. The van der Waals surface area contributed by atoms with E-state index in [1.807, 2.05) is 24.9 Å². The molecule has 1 aromatic heterocycles. The fraction of sp³-hybridized carbons (Fsp3) is 0.636. The van der Waals surface area contributed by atoms with Gasteiger partial charge in [-0.2, -0.15) is 0 Å². The molecule has 2 N–H and O–H groups in total. The minimum Gasteiger partial charge on any atom is -0.343 e. The van der Waals surface area contributed by atoms with Crippen molar-refractivity contribution in [3.05, 3.63) is 17.5 Å². The van der Waals surface area contributed by atoms with Crippen LogP contribution in [0, 0.1) is 6.92 Å². The van der Waals surface area contributed by atoms with E-state index in [1.54, 1.807) is 0 Å². The van der Waals surface area contributed by atoms with Gasteiger partial charge in [0.15, 0.2) is 0 Å². The van der Waals surface area contributed by atoms with Gasteiger partial charge in [0.1, 0.15) is 0 Å². The van der Waals surface area contributed by atoms with Crippen LogP contribution in [0.15, 0.2) is 6.07 Å². The Morgan fingerprint density at radius 3 is 2.60 bits per heavy atom. The Balaban J connectivity index is 2.98. The van der Waals surface area contributed by atoms with Crippen molar-refractivity contribution in [2.24, 2.45) is 5.73 Å². The molecule has 0 aliphatic rings. The van der Waals surface area contributed by atoms with Crippen LogP contribution in [0.5, 0.6) is 0 Å². The number of hydrogen-bond donors (Lipinski definition) is 1. The molecule has 0 radical (unpaired) electrons. The van der Waals surface area contributed by atoms with Gasteiger partial charge >= 0.3 is 0 Å². The molecule has 0 spiro atoms. The van der Waals surface area contributed by atoms with E-state index >= 15 is 0 Å². The van der Waals surface area contributed by atoms with E-state index in [0.29, 0.717) is 12.5 Å². The predicted octanol–water partition coefficient (Wildman–Crippen LogP) is 1.30. The minimum absolute atomic E-state index is 0.428. The molecular weight excluding hydrogens is 188 g/mol. The van der Waals surface area contributed by atoms with Crippen molar-refractivity contribution in [3.8, 4) is 0 Å². The summed E-state index contributed by atoms with van der Waals surface area (Å²) >= 11 is 0. The Labute approximate surface area is 91.5 Å². The zero-order valence-electron chi connectivity index (χ0n) is 9.99. The van der Waals surface area contributed by atoms with Crippen molar-refractivity contribution in [1.82, 2.24) is 9.97 Å². The topological polar surface area (TPSA) is 55.0 Å². The van der Waals surface area contributed by atoms with E-state index in [2.05, 4.69) is 23.8 Å². The third-order valence-corrected chi connectivity index (χ3v) is 2.26. The van der Waals surface area contributed by atoms with Crippen LogP contribution < -0.4 is 10.6 Å². The highest BCUT2D eigenvalue weighted by Gasteiger charge is 2.08. The van der Waals surface area contributed by atoms with Crippen molar-refractivity contribution in [1.29, 1.82) is 0 Å². The number of nitrogens with zero attached hydrogens (tertiary/aromatic N) is 3. The monoisotopic (exact) mass is 208 g/mol. The van der Waals surface area contributed by atoms with Crippen LogP contribution in [0.3, 0.4) is 0 Å². The largest absolute Gasteiger partial charge is 0.343 e. The predicted molar refractivity (Wildman–Crippen MR) is 63.2 cm³/mol. The molecule has 4 heteroatoms. The van der Waals surface area contributed by atoms with Gasteiger partial charge in [-0.25, -0.2) is 9.97 Å². The Kier molecular flexibility index (Phi) is 4.03. The summed E-state index contributed by atoms with van der Waals surface area (Å²) in [5.41, 5.74) is 7.60. The van der Waals surface area contributed by atoms with Crippen LogP contribution in [0.2, 0.25) is 0 Å². The van der Waals surface area contributed by atoms with Gasteiger partial charge in [0, 0.05) is 31.5 Å². The first-order chi connectivity index (χ1) is 7.04. The van der Waals surface area contributed by atoms with Crippen LogP contribution in [-0.2, 0) is 0 Å². The molecule has 0 aromatic carbocycles. The van der Waals surface area contributed by atoms with Crippen LogP contribution in [0.4, 0.5) is 5.95 Å². The van der Waals surface area contributed by atoms with E-state index in [1.165, 1.54) is 0 Å². The smallest absolute Gasteiger partial charge is 0.225 e. The maximum Gasteiger partial charge on any atom is 0.225 e. The summed E-state index contributed by atoms with van der Waals surface area (Å²) in [6, 6.07) is 2.03. The maximum atomic E-state index is 5.51. The zero-order valence-corrected chi connectivity index (χ0v) is 9.99. The molecule has 0 atom stereocenters. The van der Waals surface area contributed by atoms with Gasteiger partial charge in [0.25, 0.3) is 0 Å². The molecule has 0 unspecified atom stereocenters. The maximum absolute atomic E-state index is 5.51. The van der Waals surface area contributed by atoms with Crippen molar-refractivity contribution in [2.75, 3.05) is 25.0 Å². The highest BCUT2D eigenvalue weighted by atomic mass is 15.2. The second kappa shape index (κ2) is 5.07. The van der Waals surface area contributed by atoms with Gasteiger partial charge < -0.3 is 10.6 Å². The molecule has 0 fully saturated rings. The molecule has 84 valence electrons. The highest BCUT2D eigenvalue weighted by molar-refractivity contribution is 5.31. The molecule has 0 saturated heterocycles. The van der Waals surface area contributed by atoms with Crippen molar-refractivity contribution < 1.29 is 0 Å². The molecule has 1 rings (SSSR count). The number of rotatable bonds is 4. The van der Waals surface area contributed by atoms with E-state index in [0.717, 1.165) is 23.9 Å². The van der Waals surface area contributed by atoms with Gasteiger partial charge in [-0.3, -0.25) is 0 Å². The average Bonchev–Trinajstić information content (AvgIpc) is 2.17. The Morgan fingerprint density at radius 1 is 1.40 bits per heavy atom. The van der Waals surface area contributed by atoms with Crippen molar-refractivity contribution >= 4 is 5.95 Å². The third-order valence-electron chi connectivity index (χ3n) is 2.26. The number of anilines is 1. The summed E-state index contributed by atoms with van der Waals surface area (Å²) in [6.07, 6.45) is 0. The van der Waals surface area contributed by atoms with Gasteiger partial charge in [-0.1, -0.05) is 13.8 Å². The number of hydrogen-bond acceptors (Lipinski definition) is 4.